The molecule has 0 radical (unpaired) electrons. The summed E-state index contributed by atoms with van der Waals surface area (Å²) in [6, 6.07) is 0. The van der Waals surface area contributed by atoms with E-state index in [2.05, 4.69) is 22.4 Å². The first kappa shape index (κ1) is 11.4. The zero-order valence-electron chi connectivity index (χ0n) is 10.1. The summed E-state index contributed by atoms with van der Waals surface area (Å²) in [6.45, 7) is 5.25. The second-order valence-corrected chi connectivity index (χ2v) is 4.40. The number of hydrogen-bond donors (Lipinski definition) is 1. The standard InChI is InChI=1S/C11H20N4O/c1-3-15(2)11-13-10(16-14-11)5-4-9-6-7-12-8-9/h9,12H,3-8H2,1-2H3. The fourth-order valence-corrected chi connectivity index (χ4v) is 1.93. The Kier molecular flexibility index (Phi) is 3.77. The van der Waals surface area contributed by atoms with Gasteiger partial charge in [0.2, 0.25) is 5.89 Å². The number of nitrogens with one attached hydrogen (secondary N) is 1. The lowest BCUT2D eigenvalue weighted by molar-refractivity contribution is 0.364. The quantitative estimate of drug-likeness (QED) is 0.810. The van der Waals surface area contributed by atoms with Crippen molar-refractivity contribution in [2.45, 2.75) is 26.2 Å². The average Bonchev–Trinajstić information content (AvgIpc) is 2.96. The van der Waals surface area contributed by atoms with Crippen LogP contribution in [0.1, 0.15) is 25.7 Å². The van der Waals surface area contributed by atoms with Gasteiger partial charge in [-0.3, -0.25) is 0 Å². The average molecular weight is 224 g/mol. The molecule has 0 amide bonds. The molecule has 1 aromatic rings. The second-order valence-electron chi connectivity index (χ2n) is 4.40. The monoisotopic (exact) mass is 224 g/mol. The largest absolute Gasteiger partial charge is 0.342 e. The third-order valence-corrected chi connectivity index (χ3v) is 3.20. The molecule has 16 heavy (non-hydrogen) atoms. The maximum absolute atomic E-state index is 5.22. The summed E-state index contributed by atoms with van der Waals surface area (Å²) in [5.74, 6) is 2.24. The van der Waals surface area contributed by atoms with Gasteiger partial charge >= 0.3 is 0 Å². The van der Waals surface area contributed by atoms with Crippen LogP contribution < -0.4 is 10.2 Å². The molecule has 2 heterocycles. The van der Waals surface area contributed by atoms with Gasteiger partial charge < -0.3 is 14.7 Å². The van der Waals surface area contributed by atoms with E-state index in [0.29, 0.717) is 5.95 Å². The van der Waals surface area contributed by atoms with Crippen LogP contribution in [0.5, 0.6) is 0 Å². The van der Waals surface area contributed by atoms with Crippen LogP contribution in [-0.2, 0) is 6.42 Å². The Morgan fingerprint density at radius 3 is 3.12 bits per heavy atom. The summed E-state index contributed by atoms with van der Waals surface area (Å²) in [5, 5.41) is 7.32. The highest BCUT2D eigenvalue weighted by molar-refractivity contribution is 5.24. The van der Waals surface area contributed by atoms with Gasteiger partial charge in [0.15, 0.2) is 0 Å². The number of aromatic nitrogens is 2. The fraction of sp³-hybridized carbons (Fsp3) is 0.818. The van der Waals surface area contributed by atoms with Crippen LogP contribution in [-0.4, -0.2) is 36.8 Å². The third kappa shape index (κ3) is 2.72. The molecule has 1 fully saturated rings. The van der Waals surface area contributed by atoms with E-state index in [0.717, 1.165) is 44.3 Å². The van der Waals surface area contributed by atoms with Crippen molar-refractivity contribution < 1.29 is 4.52 Å². The van der Waals surface area contributed by atoms with E-state index in [1.807, 2.05) is 11.9 Å². The van der Waals surface area contributed by atoms with Crippen LogP contribution in [0.2, 0.25) is 0 Å². The lowest BCUT2D eigenvalue weighted by Gasteiger charge is -2.08. The van der Waals surface area contributed by atoms with Gasteiger partial charge in [0.25, 0.3) is 5.95 Å². The normalized spacial score (nSPS) is 20.2. The van der Waals surface area contributed by atoms with Gasteiger partial charge in [0, 0.05) is 20.0 Å². The molecule has 90 valence electrons. The molecule has 0 aliphatic carbocycles. The van der Waals surface area contributed by atoms with E-state index in [9.17, 15) is 0 Å². The molecule has 0 aromatic carbocycles. The predicted molar refractivity (Wildman–Crippen MR) is 62.5 cm³/mol. The predicted octanol–water partition coefficient (Wildman–Crippen LogP) is 1.07. The highest BCUT2D eigenvalue weighted by Gasteiger charge is 2.16. The minimum Gasteiger partial charge on any atom is -0.342 e. The first-order chi connectivity index (χ1) is 7.79. The van der Waals surface area contributed by atoms with Crippen LogP contribution in [0.4, 0.5) is 5.95 Å². The maximum Gasteiger partial charge on any atom is 0.265 e. The molecule has 0 spiro atoms. The molecule has 1 aliphatic rings. The molecule has 5 nitrogen and oxygen atoms in total. The molecule has 1 aromatic heterocycles. The summed E-state index contributed by atoms with van der Waals surface area (Å²) in [6.07, 6.45) is 3.32. The molecule has 0 bridgehead atoms. The fourth-order valence-electron chi connectivity index (χ4n) is 1.93. The molecule has 1 unspecified atom stereocenters. The van der Waals surface area contributed by atoms with Crippen LogP contribution in [0.3, 0.4) is 0 Å². The third-order valence-electron chi connectivity index (χ3n) is 3.20. The Bertz CT molecular complexity index is 320. The molecule has 0 saturated carbocycles. The summed E-state index contributed by atoms with van der Waals surface area (Å²) in [5.41, 5.74) is 0. The van der Waals surface area contributed by atoms with E-state index < -0.39 is 0 Å². The Hall–Kier alpha value is -1.10. The molecule has 5 heteroatoms. The first-order valence-electron chi connectivity index (χ1n) is 6.04. The van der Waals surface area contributed by atoms with Crippen molar-refractivity contribution in [1.29, 1.82) is 0 Å². The molecule has 1 saturated heterocycles. The van der Waals surface area contributed by atoms with Gasteiger partial charge in [-0.05, 0) is 43.9 Å². The summed E-state index contributed by atoms with van der Waals surface area (Å²) >= 11 is 0. The van der Waals surface area contributed by atoms with Gasteiger partial charge in [-0.2, -0.15) is 4.98 Å². The van der Waals surface area contributed by atoms with Gasteiger partial charge in [-0.1, -0.05) is 0 Å². The molecular weight excluding hydrogens is 204 g/mol. The van der Waals surface area contributed by atoms with Crippen LogP contribution in [0.25, 0.3) is 0 Å². The smallest absolute Gasteiger partial charge is 0.265 e. The Morgan fingerprint density at radius 2 is 2.44 bits per heavy atom. The lowest BCUT2D eigenvalue weighted by Crippen LogP contribution is -2.17. The number of rotatable bonds is 5. The van der Waals surface area contributed by atoms with Crippen molar-refractivity contribution in [2.24, 2.45) is 5.92 Å². The Morgan fingerprint density at radius 1 is 1.56 bits per heavy atom. The van der Waals surface area contributed by atoms with E-state index in [4.69, 9.17) is 4.52 Å². The van der Waals surface area contributed by atoms with Crippen molar-refractivity contribution in [3.63, 3.8) is 0 Å². The maximum atomic E-state index is 5.22. The molecule has 1 atom stereocenters. The molecule has 1 aliphatic heterocycles. The lowest BCUT2D eigenvalue weighted by atomic mass is 10.0. The first-order valence-corrected chi connectivity index (χ1v) is 6.04. The minimum atomic E-state index is 0.696. The van der Waals surface area contributed by atoms with E-state index in [1.54, 1.807) is 0 Å². The summed E-state index contributed by atoms with van der Waals surface area (Å²) in [4.78, 5) is 6.35. The van der Waals surface area contributed by atoms with Crippen molar-refractivity contribution in [3.8, 4) is 0 Å². The van der Waals surface area contributed by atoms with Gasteiger partial charge in [0.05, 0.1) is 0 Å². The van der Waals surface area contributed by atoms with Gasteiger partial charge in [-0.25, -0.2) is 0 Å². The number of aryl methyl sites for hydroxylation is 1. The van der Waals surface area contributed by atoms with Gasteiger partial charge in [-0.15, -0.1) is 0 Å². The van der Waals surface area contributed by atoms with Gasteiger partial charge in [0.1, 0.15) is 0 Å². The van der Waals surface area contributed by atoms with Crippen LogP contribution in [0, 0.1) is 5.92 Å². The van der Waals surface area contributed by atoms with Crippen LogP contribution in [0.15, 0.2) is 4.52 Å². The van der Waals surface area contributed by atoms with E-state index in [1.165, 1.54) is 6.42 Å². The van der Waals surface area contributed by atoms with Crippen molar-refractivity contribution >= 4 is 5.95 Å². The summed E-state index contributed by atoms with van der Waals surface area (Å²) in [7, 11) is 1.97. The van der Waals surface area contributed by atoms with E-state index in [-0.39, 0.29) is 0 Å². The van der Waals surface area contributed by atoms with Crippen molar-refractivity contribution in [3.05, 3.63) is 5.89 Å². The molecule has 1 N–H and O–H groups in total. The second kappa shape index (κ2) is 5.30. The van der Waals surface area contributed by atoms with E-state index >= 15 is 0 Å². The number of hydrogen-bond acceptors (Lipinski definition) is 5. The van der Waals surface area contributed by atoms with Crippen molar-refractivity contribution in [1.82, 2.24) is 15.5 Å². The zero-order valence-corrected chi connectivity index (χ0v) is 10.1. The number of nitrogens with zero attached hydrogens (tertiary/aromatic N) is 3. The topological polar surface area (TPSA) is 54.2 Å². The van der Waals surface area contributed by atoms with Crippen LogP contribution >= 0.6 is 0 Å². The molecular formula is C11H20N4O. The highest BCUT2D eigenvalue weighted by Crippen LogP contribution is 2.16. The summed E-state index contributed by atoms with van der Waals surface area (Å²) < 4.78 is 5.22. The highest BCUT2D eigenvalue weighted by atomic mass is 16.5. The Balaban J connectivity index is 1.82. The van der Waals surface area contributed by atoms with Crippen molar-refractivity contribution in [2.75, 3.05) is 31.6 Å². The number of anilines is 1. The Labute approximate surface area is 96.2 Å². The minimum absolute atomic E-state index is 0.696. The zero-order chi connectivity index (χ0) is 11.4. The SMILES string of the molecule is CCN(C)c1noc(CCC2CCNC2)n1. The molecule has 2 rings (SSSR count).